The predicted molar refractivity (Wildman–Crippen MR) is 50.0 cm³/mol. The summed E-state index contributed by atoms with van der Waals surface area (Å²) in [5.41, 5.74) is 1.20. The molecule has 0 aromatic carbocycles. The van der Waals surface area contributed by atoms with Gasteiger partial charge < -0.3 is 0 Å². The summed E-state index contributed by atoms with van der Waals surface area (Å²) in [4.78, 5) is 0. The normalized spacial score (nSPS) is 11.1. The fourth-order valence-electron chi connectivity index (χ4n) is 0.824. The molecule has 2 nitrogen and oxygen atoms in total. The fraction of sp³-hybridized carbons (Fsp3) is 0.375. The molecule has 1 heterocycles. The maximum Gasteiger partial charge on any atom is 0.0590 e. The van der Waals surface area contributed by atoms with E-state index >= 15 is 0 Å². The third-order valence-electron chi connectivity index (χ3n) is 1.33. The number of hydrogen-bond acceptors (Lipinski definition) is 2. The summed E-state index contributed by atoms with van der Waals surface area (Å²) in [5.74, 6) is 0.792. The molecule has 11 heavy (non-hydrogen) atoms. The van der Waals surface area contributed by atoms with Crippen molar-refractivity contribution >= 4 is 12.6 Å². The smallest absolute Gasteiger partial charge is 0.0590 e. The van der Waals surface area contributed by atoms with Gasteiger partial charge in [-0.05, 0) is 12.5 Å². The van der Waals surface area contributed by atoms with Crippen molar-refractivity contribution in [3.8, 4) is 0 Å². The van der Waals surface area contributed by atoms with E-state index in [4.69, 9.17) is 0 Å². The number of aromatic nitrogens is 2. The predicted octanol–water partition coefficient (Wildman–Crippen LogP) is 1.68. The van der Waals surface area contributed by atoms with Gasteiger partial charge in [0.25, 0.3) is 0 Å². The molecule has 0 aliphatic rings. The second-order valence-corrected chi connectivity index (χ2v) is 2.76. The molecule has 0 aliphatic carbocycles. The zero-order chi connectivity index (χ0) is 8.10. The first kappa shape index (κ1) is 8.40. The van der Waals surface area contributed by atoms with E-state index in [0.29, 0.717) is 0 Å². The van der Waals surface area contributed by atoms with Crippen molar-refractivity contribution in [1.29, 1.82) is 0 Å². The molecule has 1 aromatic rings. The lowest BCUT2D eigenvalue weighted by molar-refractivity contribution is 0.701. The molecule has 3 heteroatoms. The van der Waals surface area contributed by atoms with Crippen LogP contribution in [0, 0.1) is 6.92 Å². The lowest BCUT2D eigenvalue weighted by atomic mass is 10.4. The van der Waals surface area contributed by atoms with Gasteiger partial charge in [-0.2, -0.15) is 17.7 Å². The fourth-order valence-corrected chi connectivity index (χ4v) is 0.973. The van der Waals surface area contributed by atoms with Crippen molar-refractivity contribution in [3.05, 3.63) is 30.1 Å². The quantitative estimate of drug-likeness (QED) is 0.537. The Morgan fingerprint density at radius 3 is 3.00 bits per heavy atom. The van der Waals surface area contributed by atoms with Gasteiger partial charge in [-0.15, -0.1) is 0 Å². The van der Waals surface area contributed by atoms with Crippen LogP contribution in [0.2, 0.25) is 0 Å². The SMILES string of the molecule is Cc1cnn(CC=CCS)c1. The zero-order valence-electron chi connectivity index (χ0n) is 6.57. The van der Waals surface area contributed by atoms with Crippen LogP contribution in [0.15, 0.2) is 24.5 Å². The Hall–Kier alpha value is -0.700. The first-order valence-corrected chi connectivity index (χ1v) is 4.21. The summed E-state index contributed by atoms with van der Waals surface area (Å²) in [6.07, 6.45) is 7.94. The van der Waals surface area contributed by atoms with E-state index in [1.54, 1.807) is 0 Å². The molecule has 0 amide bonds. The zero-order valence-corrected chi connectivity index (χ0v) is 7.46. The van der Waals surface area contributed by atoms with Gasteiger partial charge in [0.05, 0.1) is 12.7 Å². The van der Waals surface area contributed by atoms with E-state index in [2.05, 4.69) is 23.8 Å². The second-order valence-electron chi connectivity index (χ2n) is 2.39. The van der Waals surface area contributed by atoms with Crippen LogP contribution in [-0.2, 0) is 6.54 Å². The van der Waals surface area contributed by atoms with Crippen LogP contribution < -0.4 is 0 Å². The van der Waals surface area contributed by atoms with Gasteiger partial charge in [0, 0.05) is 11.9 Å². The molecule has 0 spiro atoms. The van der Waals surface area contributed by atoms with Crippen LogP contribution in [0.3, 0.4) is 0 Å². The molecule has 1 rings (SSSR count). The highest BCUT2D eigenvalue weighted by Crippen LogP contribution is 1.94. The number of aryl methyl sites for hydroxylation is 1. The van der Waals surface area contributed by atoms with E-state index in [1.165, 1.54) is 5.56 Å². The molecule has 0 bridgehead atoms. The summed E-state index contributed by atoms with van der Waals surface area (Å²) >= 11 is 4.06. The van der Waals surface area contributed by atoms with E-state index in [0.717, 1.165) is 12.3 Å². The Morgan fingerprint density at radius 2 is 2.45 bits per heavy atom. The van der Waals surface area contributed by atoms with Crippen molar-refractivity contribution in [3.63, 3.8) is 0 Å². The van der Waals surface area contributed by atoms with Crippen LogP contribution in [0.1, 0.15) is 5.56 Å². The van der Waals surface area contributed by atoms with E-state index in [9.17, 15) is 0 Å². The van der Waals surface area contributed by atoms with E-state index < -0.39 is 0 Å². The van der Waals surface area contributed by atoms with Crippen LogP contribution in [0.5, 0.6) is 0 Å². The molecule has 0 saturated carbocycles. The highest BCUT2D eigenvalue weighted by atomic mass is 32.1. The molecule has 0 atom stereocenters. The number of allylic oxidation sites excluding steroid dienone is 1. The molecule has 0 fully saturated rings. The average Bonchev–Trinajstić information content (AvgIpc) is 2.37. The number of hydrogen-bond donors (Lipinski definition) is 1. The first-order valence-electron chi connectivity index (χ1n) is 3.58. The molecular formula is C8H12N2S. The monoisotopic (exact) mass is 168 g/mol. The van der Waals surface area contributed by atoms with E-state index in [1.807, 2.05) is 30.1 Å². The molecule has 0 saturated heterocycles. The minimum Gasteiger partial charge on any atom is -0.269 e. The van der Waals surface area contributed by atoms with Gasteiger partial charge in [0.2, 0.25) is 0 Å². The third kappa shape index (κ3) is 2.80. The summed E-state index contributed by atoms with van der Waals surface area (Å²) < 4.78 is 1.90. The van der Waals surface area contributed by atoms with Crippen molar-refractivity contribution in [1.82, 2.24) is 9.78 Å². The summed E-state index contributed by atoms with van der Waals surface area (Å²) in [7, 11) is 0. The average molecular weight is 168 g/mol. The molecule has 0 N–H and O–H groups in total. The van der Waals surface area contributed by atoms with Gasteiger partial charge in [0.15, 0.2) is 0 Å². The van der Waals surface area contributed by atoms with E-state index in [-0.39, 0.29) is 0 Å². The van der Waals surface area contributed by atoms with Gasteiger partial charge in [-0.3, -0.25) is 4.68 Å². The number of thiol groups is 1. The van der Waals surface area contributed by atoms with Crippen molar-refractivity contribution in [2.24, 2.45) is 0 Å². The highest BCUT2D eigenvalue weighted by Gasteiger charge is 1.88. The van der Waals surface area contributed by atoms with Crippen LogP contribution in [0.4, 0.5) is 0 Å². The Morgan fingerprint density at radius 1 is 1.64 bits per heavy atom. The first-order chi connectivity index (χ1) is 5.33. The maximum absolute atomic E-state index is 4.13. The Bertz CT molecular complexity index is 240. The summed E-state index contributed by atoms with van der Waals surface area (Å²) in [6.45, 7) is 2.88. The van der Waals surface area contributed by atoms with Crippen LogP contribution in [0.25, 0.3) is 0 Å². The molecule has 0 aliphatic heterocycles. The molecular weight excluding hydrogens is 156 g/mol. The van der Waals surface area contributed by atoms with Crippen molar-refractivity contribution in [2.75, 3.05) is 5.75 Å². The van der Waals surface area contributed by atoms with Gasteiger partial charge >= 0.3 is 0 Å². The minimum atomic E-state index is 0.792. The lowest BCUT2D eigenvalue weighted by Gasteiger charge is -1.92. The standard InChI is InChI=1S/C8H12N2S/c1-8-6-9-10(7-8)4-2-3-5-11/h2-3,6-7,11H,4-5H2,1H3. The number of rotatable bonds is 3. The third-order valence-corrected chi connectivity index (χ3v) is 1.54. The topological polar surface area (TPSA) is 17.8 Å². The molecule has 60 valence electrons. The van der Waals surface area contributed by atoms with Gasteiger partial charge in [0.1, 0.15) is 0 Å². The Labute approximate surface area is 72.3 Å². The van der Waals surface area contributed by atoms with Crippen LogP contribution in [-0.4, -0.2) is 15.5 Å². The van der Waals surface area contributed by atoms with Crippen molar-refractivity contribution in [2.45, 2.75) is 13.5 Å². The number of nitrogens with zero attached hydrogens (tertiary/aromatic N) is 2. The molecule has 0 unspecified atom stereocenters. The summed E-state index contributed by atoms with van der Waals surface area (Å²) in [5, 5.41) is 4.13. The highest BCUT2D eigenvalue weighted by molar-refractivity contribution is 7.80. The molecule has 0 radical (unpaired) electrons. The summed E-state index contributed by atoms with van der Waals surface area (Å²) in [6, 6.07) is 0. The lowest BCUT2D eigenvalue weighted by Crippen LogP contribution is -1.94. The van der Waals surface area contributed by atoms with Gasteiger partial charge in [-0.25, -0.2) is 0 Å². The second kappa shape index (κ2) is 4.23. The Balaban J connectivity index is 2.45. The van der Waals surface area contributed by atoms with Crippen molar-refractivity contribution < 1.29 is 0 Å². The maximum atomic E-state index is 4.13. The molecule has 1 aromatic heterocycles. The largest absolute Gasteiger partial charge is 0.269 e. The Kier molecular flexibility index (Phi) is 3.23. The minimum absolute atomic E-state index is 0.792. The van der Waals surface area contributed by atoms with Crippen LogP contribution >= 0.6 is 12.6 Å². The van der Waals surface area contributed by atoms with Gasteiger partial charge in [-0.1, -0.05) is 12.2 Å².